The van der Waals surface area contributed by atoms with Crippen LogP contribution in [0.15, 0.2) is 86.0 Å². The Hall–Kier alpha value is -3.92. The Morgan fingerprint density at radius 3 is 1.77 bits per heavy atom. The van der Waals surface area contributed by atoms with Crippen molar-refractivity contribution < 1.29 is 9.59 Å². The van der Waals surface area contributed by atoms with Crippen molar-refractivity contribution in [2.75, 3.05) is 7.05 Å². The summed E-state index contributed by atoms with van der Waals surface area (Å²) < 4.78 is 0. The molecule has 0 saturated heterocycles. The van der Waals surface area contributed by atoms with Crippen molar-refractivity contribution in [1.29, 1.82) is 0 Å². The fraction of sp³-hybridized carbons (Fsp3) is 0.111. The summed E-state index contributed by atoms with van der Waals surface area (Å²) in [6, 6.07) is 22.6. The molecule has 1 N–H and O–H groups in total. The Morgan fingerprint density at radius 1 is 0.774 bits per heavy atom. The number of hydrogen-bond acceptors (Lipinski definition) is 2. The molecule has 3 aromatic carbocycles. The van der Waals surface area contributed by atoms with Crippen molar-refractivity contribution in [3.63, 3.8) is 0 Å². The van der Waals surface area contributed by atoms with Crippen LogP contribution in [0.1, 0.15) is 43.0 Å². The first kappa shape index (κ1) is 21.8. The van der Waals surface area contributed by atoms with Gasteiger partial charge in [-0.05, 0) is 46.5 Å². The minimum absolute atomic E-state index is 0.0329. The van der Waals surface area contributed by atoms with Crippen LogP contribution in [-0.2, 0) is 13.1 Å². The van der Waals surface area contributed by atoms with Gasteiger partial charge in [-0.15, -0.1) is 0 Å². The largest absolute Gasteiger partial charge is 0.348 e. The van der Waals surface area contributed by atoms with Crippen molar-refractivity contribution in [1.82, 2.24) is 10.2 Å². The number of carbonyl (C=O) groups is 2. The molecule has 2 amide bonds. The highest BCUT2D eigenvalue weighted by atomic mass is 16.2. The Labute approximate surface area is 183 Å². The maximum absolute atomic E-state index is 12.6. The van der Waals surface area contributed by atoms with E-state index in [4.69, 9.17) is 0 Å². The molecular formula is C27H26N2O2. The lowest BCUT2D eigenvalue weighted by molar-refractivity contribution is 0.0784. The molecule has 3 rings (SSSR count). The molecule has 0 spiro atoms. The summed E-state index contributed by atoms with van der Waals surface area (Å²) in [4.78, 5) is 26.6. The monoisotopic (exact) mass is 410 g/mol. The Morgan fingerprint density at radius 2 is 1.26 bits per heavy atom. The van der Waals surface area contributed by atoms with Crippen molar-refractivity contribution in [3.8, 4) is 0 Å². The van der Waals surface area contributed by atoms with Crippen molar-refractivity contribution in [3.05, 3.63) is 119 Å². The molecule has 0 saturated carbocycles. The molecule has 0 aromatic heterocycles. The molecule has 0 unspecified atom stereocenters. The maximum atomic E-state index is 12.6. The quantitative estimate of drug-likeness (QED) is 0.557. The first-order valence-corrected chi connectivity index (χ1v) is 10.1. The van der Waals surface area contributed by atoms with Crippen LogP contribution in [0.3, 0.4) is 0 Å². The Bertz CT molecular complexity index is 1070. The highest BCUT2D eigenvalue weighted by molar-refractivity contribution is 5.94. The van der Waals surface area contributed by atoms with Gasteiger partial charge in [-0.2, -0.15) is 0 Å². The van der Waals surface area contributed by atoms with Crippen LogP contribution in [0.4, 0.5) is 0 Å². The normalized spacial score (nSPS) is 10.2. The van der Waals surface area contributed by atoms with E-state index in [0.29, 0.717) is 24.2 Å². The predicted octanol–water partition coefficient (Wildman–Crippen LogP) is 5.17. The van der Waals surface area contributed by atoms with Gasteiger partial charge in [0.2, 0.25) is 0 Å². The number of rotatable bonds is 8. The van der Waals surface area contributed by atoms with E-state index in [0.717, 1.165) is 22.3 Å². The fourth-order valence-corrected chi connectivity index (χ4v) is 3.15. The predicted molar refractivity (Wildman–Crippen MR) is 126 cm³/mol. The molecular weight excluding hydrogens is 384 g/mol. The lowest BCUT2D eigenvalue weighted by Crippen LogP contribution is -2.26. The van der Waals surface area contributed by atoms with E-state index in [1.54, 1.807) is 36.2 Å². The molecule has 0 radical (unpaired) electrons. The first-order valence-electron chi connectivity index (χ1n) is 10.1. The van der Waals surface area contributed by atoms with Crippen LogP contribution >= 0.6 is 0 Å². The Kier molecular flexibility index (Phi) is 7.17. The lowest BCUT2D eigenvalue weighted by Gasteiger charge is -2.18. The zero-order valence-electron chi connectivity index (χ0n) is 17.7. The molecule has 0 fully saturated rings. The number of carbonyl (C=O) groups excluding carboxylic acids is 2. The van der Waals surface area contributed by atoms with Crippen LogP contribution in [-0.4, -0.2) is 23.8 Å². The summed E-state index contributed by atoms with van der Waals surface area (Å²) >= 11 is 0. The van der Waals surface area contributed by atoms with Crippen LogP contribution < -0.4 is 5.32 Å². The molecule has 156 valence electrons. The van der Waals surface area contributed by atoms with Gasteiger partial charge < -0.3 is 10.2 Å². The number of nitrogens with zero attached hydrogens (tertiary/aromatic N) is 1. The average Bonchev–Trinajstić information content (AvgIpc) is 2.83. The molecule has 0 heterocycles. The molecule has 0 aliphatic rings. The number of nitrogens with one attached hydrogen (secondary N) is 1. The SMILES string of the molecule is C=Cc1ccc(C(=O)NCc2ccc(CN(C)C(=O)c3ccc(C=C)cc3)cc2)cc1. The van der Waals surface area contributed by atoms with E-state index < -0.39 is 0 Å². The van der Waals surface area contributed by atoms with Crippen LogP contribution in [0, 0.1) is 0 Å². The third kappa shape index (κ3) is 5.80. The summed E-state index contributed by atoms with van der Waals surface area (Å²) in [5, 5.41) is 2.93. The van der Waals surface area contributed by atoms with Crippen molar-refractivity contribution in [2.45, 2.75) is 13.1 Å². The number of amides is 2. The van der Waals surface area contributed by atoms with Crippen LogP contribution in [0.2, 0.25) is 0 Å². The minimum Gasteiger partial charge on any atom is -0.348 e. The van der Waals surface area contributed by atoms with E-state index in [2.05, 4.69) is 18.5 Å². The fourth-order valence-electron chi connectivity index (χ4n) is 3.15. The maximum Gasteiger partial charge on any atom is 0.253 e. The topological polar surface area (TPSA) is 49.4 Å². The van der Waals surface area contributed by atoms with E-state index in [-0.39, 0.29) is 11.8 Å². The third-order valence-electron chi connectivity index (χ3n) is 5.04. The van der Waals surface area contributed by atoms with Gasteiger partial charge in [-0.25, -0.2) is 0 Å². The van der Waals surface area contributed by atoms with E-state index in [1.165, 1.54) is 0 Å². The number of hydrogen-bond donors (Lipinski definition) is 1. The summed E-state index contributed by atoms with van der Waals surface area (Å²) in [6.45, 7) is 8.38. The zero-order valence-corrected chi connectivity index (χ0v) is 17.7. The molecule has 0 aliphatic carbocycles. The average molecular weight is 411 g/mol. The van der Waals surface area contributed by atoms with Gasteiger partial charge in [-0.3, -0.25) is 9.59 Å². The van der Waals surface area contributed by atoms with E-state index in [1.807, 2.05) is 60.7 Å². The van der Waals surface area contributed by atoms with Gasteiger partial charge in [0.15, 0.2) is 0 Å². The van der Waals surface area contributed by atoms with Crippen molar-refractivity contribution in [2.24, 2.45) is 0 Å². The summed E-state index contributed by atoms with van der Waals surface area (Å²) in [5.41, 5.74) is 5.24. The molecule has 3 aromatic rings. The second-order valence-corrected chi connectivity index (χ2v) is 7.31. The highest BCUT2D eigenvalue weighted by Crippen LogP contribution is 2.12. The first-order chi connectivity index (χ1) is 15.0. The van der Waals surface area contributed by atoms with Crippen LogP contribution in [0.5, 0.6) is 0 Å². The summed E-state index contributed by atoms with van der Waals surface area (Å²) in [7, 11) is 1.79. The summed E-state index contributed by atoms with van der Waals surface area (Å²) in [5.74, 6) is -0.151. The highest BCUT2D eigenvalue weighted by Gasteiger charge is 2.12. The van der Waals surface area contributed by atoms with E-state index in [9.17, 15) is 9.59 Å². The summed E-state index contributed by atoms with van der Waals surface area (Å²) in [6.07, 6.45) is 3.49. The lowest BCUT2D eigenvalue weighted by atomic mass is 10.1. The van der Waals surface area contributed by atoms with E-state index >= 15 is 0 Å². The molecule has 0 bridgehead atoms. The van der Waals surface area contributed by atoms with Gasteiger partial charge in [0, 0.05) is 31.3 Å². The smallest absolute Gasteiger partial charge is 0.253 e. The van der Waals surface area contributed by atoms with Gasteiger partial charge in [0.25, 0.3) is 11.8 Å². The standard InChI is InChI=1S/C27H26N2O2/c1-4-20-10-14-24(15-11-20)26(30)28-18-22-6-8-23(9-7-22)19-29(3)27(31)25-16-12-21(5-2)13-17-25/h4-17H,1-2,18-19H2,3H3,(H,28,30). The molecule has 0 atom stereocenters. The molecule has 31 heavy (non-hydrogen) atoms. The Balaban J connectivity index is 1.54. The van der Waals surface area contributed by atoms with Crippen LogP contribution in [0.25, 0.3) is 12.2 Å². The van der Waals surface area contributed by atoms with Crippen molar-refractivity contribution >= 4 is 24.0 Å². The molecule has 0 aliphatic heterocycles. The third-order valence-corrected chi connectivity index (χ3v) is 5.04. The van der Waals surface area contributed by atoms with Gasteiger partial charge in [-0.1, -0.05) is 73.8 Å². The van der Waals surface area contributed by atoms with Gasteiger partial charge in [0.1, 0.15) is 0 Å². The number of benzene rings is 3. The molecule has 4 nitrogen and oxygen atoms in total. The molecule has 4 heteroatoms. The second kappa shape index (κ2) is 10.2. The minimum atomic E-state index is -0.118. The van der Waals surface area contributed by atoms with Gasteiger partial charge >= 0.3 is 0 Å². The van der Waals surface area contributed by atoms with Gasteiger partial charge in [0.05, 0.1) is 0 Å². The zero-order chi connectivity index (χ0) is 22.2. The second-order valence-electron chi connectivity index (χ2n) is 7.31.